The van der Waals surface area contributed by atoms with E-state index < -0.39 is 23.3 Å². The maximum atomic E-state index is 12.9. The molecule has 0 bridgehead atoms. The molecule has 0 saturated heterocycles. The first-order chi connectivity index (χ1) is 8.03. The lowest BCUT2D eigenvalue weighted by atomic mass is 9.81. The molecule has 0 aromatic carbocycles. The largest absolute Gasteiger partial charge is 0.452 e. The van der Waals surface area contributed by atoms with E-state index in [4.69, 9.17) is 4.74 Å². The molecule has 3 nitrogen and oxygen atoms in total. The van der Waals surface area contributed by atoms with Crippen LogP contribution in [0, 0.1) is 0 Å². The molecule has 0 aromatic heterocycles. The van der Waals surface area contributed by atoms with E-state index in [9.17, 15) is 23.1 Å². The van der Waals surface area contributed by atoms with Crippen LogP contribution in [0.5, 0.6) is 0 Å². The minimum absolute atomic E-state index is 0.00146. The summed E-state index contributed by atoms with van der Waals surface area (Å²) >= 11 is 0. The number of halogens is 3. The molecule has 1 unspecified atom stereocenters. The van der Waals surface area contributed by atoms with Crippen molar-refractivity contribution in [1.82, 2.24) is 0 Å². The summed E-state index contributed by atoms with van der Waals surface area (Å²) in [5.74, 6) is -0.901. The van der Waals surface area contributed by atoms with Crippen LogP contribution in [-0.2, 0) is 9.53 Å². The molecule has 1 atom stereocenters. The smallest absolute Gasteiger partial charge is 0.420 e. The minimum atomic E-state index is -4.85. The summed E-state index contributed by atoms with van der Waals surface area (Å²) in [5.41, 5.74) is -4.94. The van der Waals surface area contributed by atoms with Crippen molar-refractivity contribution in [3.8, 4) is 0 Å². The van der Waals surface area contributed by atoms with Gasteiger partial charge >= 0.3 is 12.1 Å². The number of aliphatic hydroxyl groups is 1. The van der Waals surface area contributed by atoms with Gasteiger partial charge in [0.2, 0.25) is 0 Å². The molecule has 1 aliphatic carbocycles. The predicted octanol–water partition coefficient (Wildman–Crippen LogP) is 2.73. The fourth-order valence-corrected chi connectivity index (χ4v) is 2.16. The van der Waals surface area contributed by atoms with E-state index in [0.29, 0.717) is 19.8 Å². The molecular weight excluding hydrogens is 249 g/mol. The van der Waals surface area contributed by atoms with Gasteiger partial charge in [0.1, 0.15) is 5.60 Å². The summed E-state index contributed by atoms with van der Waals surface area (Å²) in [4.78, 5) is 11.5. The van der Waals surface area contributed by atoms with E-state index >= 15 is 0 Å². The molecule has 0 radical (unpaired) electrons. The molecule has 104 valence electrons. The van der Waals surface area contributed by atoms with Crippen molar-refractivity contribution in [2.45, 2.75) is 56.9 Å². The van der Waals surface area contributed by atoms with Gasteiger partial charge in [-0.3, -0.25) is 0 Å². The Morgan fingerprint density at radius 1 is 1.33 bits per heavy atom. The summed E-state index contributed by atoms with van der Waals surface area (Å²) in [6.07, 6.45) is -3.89. The Morgan fingerprint density at radius 2 is 1.78 bits per heavy atom. The van der Waals surface area contributed by atoms with Crippen LogP contribution >= 0.6 is 0 Å². The second-order valence-corrected chi connectivity index (χ2v) is 4.94. The number of alkyl halides is 3. The number of rotatable bonds is 3. The highest BCUT2D eigenvalue weighted by molar-refractivity contribution is 5.87. The molecular formula is C12H17F3O3. The van der Waals surface area contributed by atoms with Gasteiger partial charge in [0.05, 0.1) is 0 Å². The Hall–Kier alpha value is -1.04. The Labute approximate surface area is 104 Å². The molecule has 6 heteroatoms. The summed E-state index contributed by atoms with van der Waals surface area (Å²) in [6, 6.07) is 0. The Morgan fingerprint density at radius 3 is 2.11 bits per heavy atom. The highest BCUT2D eigenvalue weighted by Gasteiger charge is 2.66. The van der Waals surface area contributed by atoms with E-state index in [1.54, 1.807) is 0 Å². The van der Waals surface area contributed by atoms with E-state index in [2.05, 4.69) is 6.58 Å². The van der Waals surface area contributed by atoms with Crippen molar-refractivity contribution >= 4 is 5.97 Å². The fourth-order valence-electron chi connectivity index (χ4n) is 2.16. The van der Waals surface area contributed by atoms with E-state index in [-0.39, 0.29) is 18.4 Å². The topological polar surface area (TPSA) is 46.5 Å². The van der Waals surface area contributed by atoms with Crippen molar-refractivity contribution in [2.75, 3.05) is 0 Å². The molecule has 0 aliphatic heterocycles. The van der Waals surface area contributed by atoms with Gasteiger partial charge in [-0.15, -0.1) is 0 Å². The number of hydrogen-bond donors (Lipinski definition) is 1. The molecule has 0 heterocycles. The van der Waals surface area contributed by atoms with Crippen molar-refractivity contribution in [3.05, 3.63) is 12.2 Å². The maximum Gasteiger partial charge on any atom is 0.420 e. The van der Waals surface area contributed by atoms with Gasteiger partial charge in [-0.2, -0.15) is 13.2 Å². The van der Waals surface area contributed by atoms with Crippen molar-refractivity contribution < 1.29 is 27.8 Å². The Balaban J connectivity index is 3.08. The third kappa shape index (κ3) is 2.39. The number of carbonyl (C=O) groups is 1. The lowest BCUT2D eigenvalue weighted by Gasteiger charge is -2.42. The van der Waals surface area contributed by atoms with Gasteiger partial charge in [-0.25, -0.2) is 4.79 Å². The summed E-state index contributed by atoms with van der Waals surface area (Å²) in [7, 11) is 0. The molecule has 1 aliphatic rings. The number of carbonyl (C=O) groups excluding carboxylic acids is 1. The van der Waals surface area contributed by atoms with Crippen LogP contribution in [0.15, 0.2) is 12.2 Å². The molecule has 1 saturated carbocycles. The zero-order valence-electron chi connectivity index (χ0n) is 10.4. The van der Waals surface area contributed by atoms with Crippen LogP contribution in [-0.4, -0.2) is 28.5 Å². The number of hydrogen-bond acceptors (Lipinski definition) is 3. The second kappa shape index (κ2) is 4.57. The third-order valence-electron chi connectivity index (χ3n) is 3.49. The third-order valence-corrected chi connectivity index (χ3v) is 3.49. The van der Waals surface area contributed by atoms with Gasteiger partial charge in [-0.1, -0.05) is 6.58 Å². The van der Waals surface area contributed by atoms with E-state index in [1.165, 1.54) is 6.92 Å². The maximum absolute atomic E-state index is 12.9. The standard InChI is InChI=1S/C12H17F3O3/c1-8(2)9(16)18-11(6-4-5-7-11)10(3,17)12(13,14)15/h17H,1,4-7H2,2-3H3. The molecule has 1 rings (SSSR count). The molecule has 1 fully saturated rings. The minimum Gasteiger partial charge on any atom is -0.452 e. The summed E-state index contributed by atoms with van der Waals surface area (Å²) in [5, 5.41) is 9.80. The number of esters is 1. The first kappa shape index (κ1) is 15.0. The molecule has 1 N–H and O–H groups in total. The monoisotopic (exact) mass is 266 g/mol. The Bertz CT molecular complexity index is 352. The molecule has 0 spiro atoms. The number of ether oxygens (including phenoxy) is 1. The lowest BCUT2D eigenvalue weighted by molar-refractivity contribution is -0.311. The van der Waals surface area contributed by atoms with Crippen molar-refractivity contribution in [3.63, 3.8) is 0 Å². The van der Waals surface area contributed by atoms with Gasteiger partial charge in [0.15, 0.2) is 5.60 Å². The Kier molecular flexibility index (Phi) is 3.81. The zero-order valence-corrected chi connectivity index (χ0v) is 10.4. The average Bonchev–Trinajstić information content (AvgIpc) is 2.65. The normalized spacial score (nSPS) is 22.3. The van der Waals surface area contributed by atoms with Crippen LogP contribution in [0.1, 0.15) is 39.5 Å². The van der Waals surface area contributed by atoms with Crippen LogP contribution in [0.2, 0.25) is 0 Å². The average molecular weight is 266 g/mol. The quantitative estimate of drug-likeness (QED) is 0.631. The van der Waals surface area contributed by atoms with Gasteiger partial charge in [-0.05, 0) is 39.5 Å². The van der Waals surface area contributed by atoms with Crippen molar-refractivity contribution in [2.24, 2.45) is 0 Å². The van der Waals surface area contributed by atoms with Gasteiger partial charge in [0, 0.05) is 5.57 Å². The lowest BCUT2D eigenvalue weighted by Crippen LogP contribution is -2.61. The predicted molar refractivity (Wildman–Crippen MR) is 58.8 cm³/mol. The van der Waals surface area contributed by atoms with E-state index in [0.717, 1.165) is 0 Å². The summed E-state index contributed by atoms with van der Waals surface area (Å²) in [6.45, 7) is 5.35. The second-order valence-electron chi connectivity index (χ2n) is 4.94. The van der Waals surface area contributed by atoms with Crippen LogP contribution in [0.3, 0.4) is 0 Å². The molecule has 0 amide bonds. The highest BCUT2D eigenvalue weighted by Crippen LogP contribution is 2.49. The SMILES string of the molecule is C=C(C)C(=O)OC1(C(C)(O)C(F)(F)F)CCCC1. The van der Waals surface area contributed by atoms with Crippen molar-refractivity contribution in [1.29, 1.82) is 0 Å². The summed E-state index contributed by atoms with van der Waals surface area (Å²) < 4.78 is 43.7. The highest BCUT2D eigenvalue weighted by atomic mass is 19.4. The molecule has 18 heavy (non-hydrogen) atoms. The first-order valence-electron chi connectivity index (χ1n) is 5.71. The molecule has 0 aromatic rings. The van der Waals surface area contributed by atoms with Crippen LogP contribution in [0.4, 0.5) is 13.2 Å². The van der Waals surface area contributed by atoms with Crippen LogP contribution in [0.25, 0.3) is 0 Å². The zero-order chi connectivity index (χ0) is 14.2. The van der Waals surface area contributed by atoms with E-state index in [1.807, 2.05) is 0 Å². The fraction of sp³-hybridized carbons (Fsp3) is 0.750. The van der Waals surface area contributed by atoms with Gasteiger partial charge < -0.3 is 9.84 Å². The van der Waals surface area contributed by atoms with Crippen LogP contribution < -0.4 is 0 Å². The van der Waals surface area contributed by atoms with Gasteiger partial charge in [0.25, 0.3) is 0 Å². The first-order valence-corrected chi connectivity index (χ1v) is 5.71.